The van der Waals surface area contributed by atoms with Crippen LogP contribution in [0.2, 0.25) is 0 Å². The van der Waals surface area contributed by atoms with Crippen LogP contribution in [0.5, 0.6) is 11.5 Å². The van der Waals surface area contributed by atoms with Gasteiger partial charge < -0.3 is 19.7 Å². The van der Waals surface area contributed by atoms with Gasteiger partial charge in [0.25, 0.3) is 0 Å². The summed E-state index contributed by atoms with van der Waals surface area (Å²) in [6, 6.07) is 5.97. The van der Waals surface area contributed by atoms with Crippen molar-refractivity contribution in [1.29, 1.82) is 0 Å². The minimum Gasteiger partial charge on any atom is -0.497 e. The standard InChI is InChI=1S/C23H36N6O2.HI/c1-17-21(18(2)27(4)26-17)9-10-25-23(24-3)29-13-11-28(12-14-29)16-19-15-20(30-5)7-8-22(19)31-6;/h7-8,15H,9-14,16H2,1-6H3,(H,24,25);1H. The number of nitrogens with zero attached hydrogens (tertiary/aromatic N) is 5. The zero-order valence-electron chi connectivity index (χ0n) is 20.1. The quantitative estimate of drug-likeness (QED) is 0.322. The zero-order valence-corrected chi connectivity index (χ0v) is 22.5. The number of piperazine rings is 1. The Balaban J connectivity index is 0.00000363. The van der Waals surface area contributed by atoms with Crippen LogP contribution in [0, 0.1) is 13.8 Å². The van der Waals surface area contributed by atoms with E-state index in [9.17, 15) is 0 Å². The molecule has 1 saturated heterocycles. The highest BCUT2D eigenvalue weighted by Crippen LogP contribution is 2.25. The lowest BCUT2D eigenvalue weighted by molar-refractivity contribution is 0.171. The van der Waals surface area contributed by atoms with Gasteiger partial charge in [-0.1, -0.05) is 0 Å². The lowest BCUT2D eigenvalue weighted by atomic mass is 10.1. The van der Waals surface area contributed by atoms with E-state index in [-0.39, 0.29) is 24.0 Å². The molecule has 1 aromatic heterocycles. The Kier molecular flexibility index (Phi) is 10.1. The molecular weight excluding hydrogens is 519 g/mol. The maximum Gasteiger partial charge on any atom is 0.193 e. The molecule has 0 aliphatic carbocycles. The van der Waals surface area contributed by atoms with Crippen LogP contribution < -0.4 is 14.8 Å². The highest BCUT2D eigenvalue weighted by Gasteiger charge is 2.21. The first kappa shape index (κ1) is 26.2. The first-order valence-corrected chi connectivity index (χ1v) is 10.8. The Morgan fingerprint density at radius 3 is 2.41 bits per heavy atom. The van der Waals surface area contributed by atoms with Gasteiger partial charge in [-0.25, -0.2) is 0 Å². The molecule has 32 heavy (non-hydrogen) atoms. The Morgan fingerprint density at radius 1 is 1.12 bits per heavy atom. The van der Waals surface area contributed by atoms with Crippen LogP contribution >= 0.6 is 24.0 Å². The van der Waals surface area contributed by atoms with Gasteiger partial charge in [-0.15, -0.1) is 24.0 Å². The van der Waals surface area contributed by atoms with Gasteiger partial charge in [-0.2, -0.15) is 5.10 Å². The van der Waals surface area contributed by atoms with Crippen molar-refractivity contribution in [1.82, 2.24) is 24.9 Å². The largest absolute Gasteiger partial charge is 0.497 e. The summed E-state index contributed by atoms with van der Waals surface area (Å²) in [6.45, 7) is 9.73. The van der Waals surface area contributed by atoms with Gasteiger partial charge in [-0.05, 0) is 44.0 Å². The predicted molar refractivity (Wildman–Crippen MR) is 140 cm³/mol. The molecule has 9 heteroatoms. The molecular formula is C23H37IN6O2. The molecule has 1 fully saturated rings. The fraction of sp³-hybridized carbons (Fsp3) is 0.565. The molecule has 0 radical (unpaired) electrons. The molecule has 178 valence electrons. The number of hydrogen-bond acceptors (Lipinski definition) is 5. The average Bonchev–Trinajstić information content (AvgIpc) is 3.03. The van der Waals surface area contributed by atoms with Crippen molar-refractivity contribution in [2.45, 2.75) is 26.8 Å². The summed E-state index contributed by atoms with van der Waals surface area (Å²) in [5.41, 5.74) is 4.82. The van der Waals surface area contributed by atoms with E-state index in [0.717, 1.165) is 74.4 Å². The van der Waals surface area contributed by atoms with Crippen LogP contribution in [0.3, 0.4) is 0 Å². The molecule has 3 rings (SSSR count). The number of guanidine groups is 1. The van der Waals surface area contributed by atoms with E-state index >= 15 is 0 Å². The van der Waals surface area contributed by atoms with Crippen LogP contribution in [-0.4, -0.2) is 79.5 Å². The second-order valence-electron chi connectivity index (χ2n) is 7.94. The fourth-order valence-electron chi connectivity index (χ4n) is 4.18. The van der Waals surface area contributed by atoms with Crippen LogP contribution in [0.4, 0.5) is 0 Å². The Hall–Kier alpha value is -2.01. The molecule has 8 nitrogen and oxygen atoms in total. The number of aryl methyl sites for hydroxylation is 2. The predicted octanol–water partition coefficient (Wildman–Crippen LogP) is 2.61. The molecule has 0 bridgehead atoms. The molecule has 1 aliphatic heterocycles. The maximum absolute atomic E-state index is 5.53. The number of ether oxygens (including phenoxy) is 2. The summed E-state index contributed by atoms with van der Waals surface area (Å²) in [5.74, 6) is 2.73. The molecule has 1 aliphatic rings. The molecule has 0 unspecified atom stereocenters. The summed E-state index contributed by atoms with van der Waals surface area (Å²) in [5, 5.41) is 8.04. The average molecular weight is 556 g/mol. The number of halogens is 1. The topological polar surface area (TPSA) is 67.2 Å². The van der Waals surface area contributed by atoms with Crippen LogP contribution in [0.25, 0.3) is 0 Å². The Labute approximate surface area is 209 Å². The van der Waals surface area contributed by atoms with E-state index in [1.54, 1.807) is 14.2 Å². The second kappa shape index (κ2) is 12.3. The Bertz CT molecular complexity index is 906. The van der Waals surface area contributed by atoms with E-state index in [2.05, 4.69) is 45.1 Å². The molecule has 0 atom stereocenters. The smallest absolute Gasteiger partial charge is 0.193 e. The van der Waals surface area contributed by atoms with Crippen molar-refractivity contribution in [3.05, 3.63) is 40.7 Å². The van der Waals surface area contributed by atoms with Crippen molar-refractivity contribution < 1.29 is 9.47 Å². The van der Waals surface area contributed by atoms with Crippen molar-refractivity contribution >= 4 is 29.9 Å². The van der Waals surface area contributed by atoms with Crippen LogP contribution in [0.15, 0.2) is 23.2 Å². The third kappa shape index (κ3) is 6.28. The van der Waals surface area contributed by atoms with Crippen LogP contribution in [-0.2, 0) is 20.0 Å². The number of hydrogen-bond donors (Lipinski definition) is 1. The first-order chi connectivity index (χ1) is 15.0. The normalized spacial score (nSPS) is 14.8. The van der Waals surface area contributed by atoms with E-state index < -0.39 is 0 Å². The van der Waals surface area contributed by atoms with Crippen LogP contribution in [0.1, 0.15) is 22.5 Å². The van der Waals surface area contributed by atoms with Gasteiger partial charge in [0.1, 0.15) is 11.5 Å². The van der Waals surface area contributed by atoms with Crippen molar-refractivity contribution in [3.63, 3.8) is 0 Å². The monoisotopic (exact) mass is 556 g/mol. The SMILES string of the molecule is CN=C(NCCc1c(C)nn(C)c1C)N1CCN(Cc2cc(OC)ccc2OC)CC1.I. The second-order valence-corrected chi connectivity index (χ2v) is 7.94. The van der Waals surface area contributed by atoms with E-state index in [1.807, 2.05) is 30.9 Å². The molecule has 1 aromatic carbocycles. The number of aliphatic imine (C=N–C) groups is 1. The van der Waals surface area contributed by atoms with Gasteiger partial charge in [0, 0.05) is 64.6 Å². The van der Waals surface area contributed by atoms with Crippen molar-refractivity contribution in [2.75, 3.05) is 54.0 Å². The summed E-state index contributed by atoms with van der Waals surface area (Å²) < 4.78 is 12.9. The lowest BCUT2D eigenvalue weighted by Gasteiger charge is -2.36. The number of benzene rings is 1. The number of nitrogens with one attached hydrogen (secondary N) is 1. The molecule has 0 saturated carbocycles. The molecule has 2 heterocycles. The van der Waals surface area contributed by atoms with Crippen molar-refractivity contribution in [2.24, 2.45) is 12.0 Å². The number of aromatic nitrogens is 2. The number of rotatable bonds is 7. The van der Waals surface area contributed by atoms with Gasteiger partial charge in [0.15, 0.2) is 5.96 Å². The lowest BCUT2D eigenvalue weighted by Crippen LogP contribution is -2.52. The minimum absolute atomic E-state index is 0. The summed E-state index contributed by atoms with van der Waals surface area (Å²) in [6.07, 6.45) is 0.945. The summed E-state index contributed by atoms with van der Waals surface area (Å²) in [7, 11) is 7.27. The van der Waals surface area contributed by atoms with Gasteiger partial charge in [0.05, 0.1) is 19.9 Å². The summed E-state index contributed by atoms with van der Waals surface area (Å²) >= 11 is 0. The summed E-state index contributed by atoms with van der Waals surface area (Å²) in [4.78, 5) is 9.29. The zero-order chi connectivity index (χ0) is 22.4. The minimum atomic E-state index is 0. The highest BCUT2D eigenvalue weighted by molar-refractivity contribution is 14.0. The molecule has 0 spiro atoms. The van der Waals surface area contributed by atoms with E-state index in [1.165, 1.54) is 11.3 Å². The van der Waals surface area contributed by atoms with Gasteiger partial charge >= 0.3 is 0 Å². The maximum atomic E-state index is 5.53. The van der Waals surface area contributed by atoms with Crippen molar-refractivity contribution in [3.8, 4) is 11.5 Å². The molecule has 1 N–H and O–H groups in total. The third-order valence-corrected chi connectivity index (χ3v) is 6.08. The molecule has 2 aromatic rings. The fourth-order valence-corrected chi connectivity index (χ4v) is 4.18. The Morgan fingerprint density at radius 2 is 1.84 bits per heavy atom. The first-order valence-electron chi connectivity index (χ1n) is 10.8. The molecule has 0 amide bonds. The van der Waals surface area contributed by atoms with E-state index in [4.69, 9.17) is 9.47 Å². The van der Waals surface area contributed by atoms with E-state index in [0.29, 0.717) is 0 Å². The number of methoxy groups -OCH3 is 2. The van der Waals surface area contributed by atoms with Gasteiger partial charge in [-0.3, -0.25) is 14.6 Å². The highest BCUT2D eigenvalue weighted by atomic mass is 127. The van der Waals surface area contributed by atoms with Gasteiger partial charge in [0.2, 0.25) is 0 Å². The third-order valence-electron chi connectivity index (χ3n) is 6.08.